The van der Waals surface area contributed by atoms with Crippen molar-refractivity contribution in [2.45, 2.75) is 0 Å². The summed E-state index contributed by atoms with van der Waals surface area (Å²) in [4.78, 5) is 5.02. The highest BCUT2D eigenvalue weighted by atomic mass is 16.3. The van der Waals surface area contributed by atoms with Crippen molar-refractivity contribution in [1.29, 1.82) is 0 Å². The SMILES string of the molecule is c1ccc(-c2nc3ccccc3n2-c2cccc(-c3ccc(-c4cc5c6ccccc6oc5c5ccccc45)cc3)c2)cc1. The number of aromatic nitrogens is 2. The second-order valence-corrected chi connectivity index (χ2v) is 11.2. The Hall–Kier alpha value is -5.93. The van der Waals surface area contributed by atoms with Gasteiger partial charge in [-0.1, -0.05) is 121 Å². The summed E-state index contributed by atoms with van der Waals surface area (Å²) < 4.78 is 8.60. The Morgan fingerprint density at radius 3 is 2.00 bits per heavy atom. The molecule has 0 saturated heterocycles. The molecule has 0 N–H and O–H groups in total. The maximum Gasteiger partial charge on any atom is 0.145 e. The van der Waals surface area contributed by atoms with E-state index in [9.17, 15) is 0 Å². The van der Waals surface area contributed by atoms with Gasteiger partial charge in [-0.2, -0.15) is 0 Å². The van der Waals surface area contributed by atoms with Gasteiger partial charge in [0.2, 0.25) is 0 Å². The smallest absolute Gasteiger partial charge is 0.145 e. The van der Waals surface area contributed by atoms with Gasteiger partial charge in [0.1, 0.15) is 17.0 Å². The fourth-order valence-corrected chi connectivity index (χ4v) is 6.52. The van der Waals surface area contributed by atoms with Gasteiger partial charge in [0.05, 0.1) is 11.0 Å². The maximum absolute atomic E-state index is 6.33. The van der Waals surface area contributed by atoms with Crippen molar-refractivity contribution in [2.75, 3.05) is 0 Å². The summed E-state index contributed by atoms with van der Waals surface area (Å²) in [7, 11) is 0. The Bertz CT molecular complexity index is 2480. The number of hydrogen-bond donors (Lipinski definition) is 0. The van der Waals surface area contributed by atoms with Crippen LogP contribution in [0.5, 0.6) is 0 Å². The lowest BCUT2D eigenvalue weighted by Gasteiger charge is -2.12. The van der Waals surface area contributed by atoms with Gasteiger partial charge in [0.15, 0.2) is 0 Å². The van der Waals surface area contributed by atoms with Gasteiger partial charge in [-0.05, 0) is 64.0 Å². The van der Waals surface area contributed by atoms with Gasteiger partial charge in [-0.15, -0.1) is 0 Å². The summed E-state index contributed by atoms with van der Waals surface area (Å²) in [6, 6.07) is 55.5. The average Bonchev–Trinajstić information content (AvgIpc) is 3.68. The second kappa shape index (κ2) is 9.82. The van der Waals surface area contributed by atoms with Gasteiger partial charge >= 0.3 is 0 Å². The molecule has 3 heteroatoms. The van der Waals surface area contributed by atoms with E-state index in [0.717, 1.165) is 61.0 Å². The Labute approximate surface area is 254 Å². The molecule has 0 aliphatic rings. The molecule has 0 saturated carbocycles. The molecular weight excluding hydrogens is 536 g/mol. The summed E-state index contributed by atoms with van der Waals surface area (Å²) in [6.07, 6.45) is 0. The van der Waals surface area contributed by atoms with E-state index in [-0.39, 0.29) is 0 Å². The van der Waals surface area contributed by atoms with Crippen LogP contribution in [-0.4, -0.2) is 9.55 Å². The molecular formula is C41H26N2O. The molecule has 7 aromatic carbocycles. The van der Waals surface area contributed by atoms with Crippen LogP contribution in [0.2, 0.25) is 0 Å². The van der Waals surface area contributed by atoms with E-state index in [4.69, 9.17) is 9.40 Å². The van der Waals surface area contributed by atoms with Gasteiger partial charge in [-0.25, -0.2) is 4.98 Å². The number of imidazole rings is 1. The molecule has 0 aliphatic heterocycles. The standard InChI is InChI=1S/C41H26N2O/c1-2-11-29(12-3-1)41-42-37-18-7-8-19-38(37)43(41)31-14-10-13-30(25-31)27-21-23-28(24-22-27)35-26-36-33-16-6-9-20-39(33)44-40(36)34-17-5-4-15-32(34)35/h1-26H. The normalized spacial score (nSPS) is 11.6. The molecule has 9 aromatic rings. The molecule has 0 atom stereocenters. The minimum atomic E-state index is 0.918. The number of furan rings is 1. The molecule has 2 heterocycles. The molecule has 0 radical (unpaired) electrons. The zero-order valence-electron chi connectivity index (χ0n) is 23.8. The largest absolute Gasteiger partial charge is 0.455 e. The van der Waals surface area contributed by atoms with E-state index in [0.29, 0.717) is 0 Å². The van der Waals surface area contributed by atoms with Gasteiger partial charge in [-0.3, -0.25) is 4.57 Å². The van der Waals surface area contributed by atoms with E-state index in [1.807, 2.05) is 24.3 Å². The average molecular weight is 563 g/mol. The minimum absolute atomic E-state index is 0.918. The van der Waals surface area contributed by atoms with Crippen molar-refractivity contribution in [3.8, 4) is 39.3 Å². The molecule has 9 rings (SSSR count). The predicted molar refractivity (Wildman–Crippen MR) is 182 cm³/mol. The topological polar surface area (TPSA) is 31.0 Å². The Kier molecular flexibility index (Phi) is 5.50. The molecule has 0 spiro atoms. The number of rotatable bonds is 4. The van der Waals surface area contributed by atoms with Crippen molar-refractivity contribution >= 4 is 43.7 Å². The first kappa shape index (κ1) is 24.6. The highest BCUT2D eigenvalue weighted by Crippen LogP contribution is 2.40. The van der Waals surface area contributed by atoms with Gasteiger partial charge in [0, 0.05) is 27.4 Å². The van der Waals surface area contributed by atoms with Crippen LogP contribution in [0.15, 0.2) is 162 Å². The summed E-state index contributed by atoms with van der Waals surface area (Å²) >= 11 is 0. The molecule has 44 heavy (non-hydrogen) atoms. The van der Waals surface area contributed by atoms with Crippen molar-refractivity contribution in [2.24, 2.45) is 0 Å². The molecule has 0 amide bonds. The third-order valence-corrected chi connectivity index (χ3v) is 8.61. The molecule has 0 aliphatic carbocycles. The number of para-hydroxylation sites is 3. The van der Waals surface area contributed by atoms with Crippen LogP contribution in [0.3, 0.4) is 0 Å². The fraction of sp³-hybridized carbons (Fsp3) is 0. The van der Waals surface area contributed by atoms with Crippen LogP contribution in [0.25, 0.3) is 83.1 Å². The highest BCUT2D eigenvalue weighted by molar-refractivity contribution is 6.19. The molecule has 0 unspecified atom stereocenters. The number of nitrogens with zero attached hydrogens (tertiary/aromatic N) is 2. The third-order valence-electron chi connectivity index (χ3n) is 8.61. The van der Waals surface area contributed by atoms with Gasteiger partial charge < -0.3 is 4.42 Å². The summed E-state index contributed by atoms with van der Waals surface area (Å²) in [5, 5.41) is 4.61. The number of fused-ring (bicyclic) bond motifs is 6. The van der Waals surface area contributed by atoms with E-state index in [1.165, 1.54) is 22.1 Å². The Balaban J connectivity index is 1.16. The molecule has 3 nitrogen and oxygen atoms in total. The Morgan fingerprint density at radius 2 is 1.14 bits per heavy atom. The van der Waals surface area contributed by atoms with E-state index < -0.39 is 0 Å². The van der Waals surface area contributed by atoms with Crippen molar-refractivity contribution in [1.82, 2.24) is 9.55 Å². The molecule has 2 aromatic heterocycles. The monoisotopic (exact) mass is 562 g/mol. The summed E-state index contributed by atoms with van der Waals surface area (Å²) in [6.45, 7) is 0. The highest BCUT2D eigenvalue weighted by Gasteiger charge is 2.16. The number of benzene rings is 7. The van der Waals surface area contributed by atoms with Crippen LogP contribution in [-0.2, 0) is 0 Å². The van der Waals surface area contributed by atoms with Crippen LogP contribution < -0.4 is 0 Å². The molecule has 0 fully saturated rings. The zero-order chi connectivity index (χ0) is 29.0. The molecule has 0 bridgehead atoms. The lowest BCUT2D eigenvalue weighted by atomic mass is 9.94. The summed E-state index contributed by atoms with van der Waals surface area (Å²) in [5.74, 6) is 0.938. The zero-order valence-corrected chi connectivity index (χ0v) is 23.8. The fourth-order valence-electron chi connectivity index (χ4n) is 6.52. The van der Waals surface area contributed by atoms with Crippen LogP contribution >= 0.6 is 0 Å². The van der Waals surface area contributed by atoms with E-state index in [2.05, 4.69) is 138 Å². The van der Waals surface area contributed by atoms with E-state index >= 15 is 0 Å². The van der Waals surface area contributed by atoms with Crippen molar-refractivity contribution in [3.05, 3.63) is 158 Å². The van der Waals surface area contributed by atoms with Gasteiger partial charge in [0.25, 0.3) is 0 Å². The molecule has 206 valence electrons. The van der Waals surface area contributed by atoms with Crippen molar-refractivity contribution in [3.63, 3.8) is 0 Å². The van der Waals surface area contributed by atoms with Crippen LogP contribution in [0.1, 0.15) is 0 Å². The number of hydrogen-bond acceptors (Lipinski definition) is 2. The first-order chi connectivity index (χ1) is 21.8. The second-order valence-electron chi connectivity index (χ2n) is 11.2. The maximum atomic E-state index is 6.33. The van der Waals surface area contributed by atoms with Crippen molar-refractivity contribution < 1.29 is 4.42 Å². The quantitative estimate of drug-likeness (QED) is 0.214. The minimum Gasteiger partial charge on any atom is -0.455 e. The predicted octanol–water partition coefficient (Wildman–Crippen LogP) is 11.1. The third kappa shape index (κ3) is 3.87. The first-order valence-electron chi connectivity index (χ1n) is 14.9. The lowest BCUT2D eigenvalue weighted by Crippen LogP contribution is -1.98. The summed E-state index contributed by atoms with van der Waals surface area (Å²) in [5.41, 5.74) is 10.8. The van der Waals surface area contributed by atoms with Crippen LogP contribution in [0, 0.1) is 0 Å². The Morgan fingerprint density at radius 1 is 0.455 bits per heavy atom. The lowest BCUT2D eigenvalue weighted by molar-refractivity contribution is 0.672. The van der Waals surface area contributed by atoms with Crippen LogP contribution in [0.4, 0.5) is 0 Å². The first-order valence-corrected chi connectivity index (χ1v) is 14.9. The van der Waals surface area contributed by atoms with E-state index in [1.54, 1.807) is 0 Å².